The lowest BCUT2D eigenvalue weighted by atomic mass is 10.4. The molecule has 0 rings (SSSR count). The second-order valence-corrected chi connectivity index (χ2v) is 6.13. The molecule has 1 unspecified atom stereocenters. The summed E-state index contributed by atoms with van der Waals surface area (Å²) in [6.07, 6.45) is 1.42. The highest BCUT2D eigenvalue weighted by molar-refractivity contribution is 7.80. The van der Waals surface area contributed by atoms with Crippen LogP contribution >= 0.6 is 25.3 Å². The van der Waals surface area contributed by atoms with Crippen molar-refractivity contribution in [1.29, 1.82) is 0 Å². The quantitative estimate of drug-likeness (QED) is 0.397. The molecule has 0 aliphatic heterocycles. The Labute approximate surface area is 91.7 Å². The first-order valence-corrected chi connectivity index (χ1v) is 7.53. The monoisotopic (exact) mass is 242 g/mol. The predicted octanol–water partition coefficient (Wildman–Crippen LogP) is 0.956. The van der Waals surface area contributed by atoms with E-state index in [9.17, 15) is 9.59 Å². The van der Waals surface area contributed by atoms with Gasteiger partial charge in [-0.2, -0.15) is 25.3 Å². The molecule has 0 bridgehead atoms. The molecule has 13 heavy (non-hydrogen) atoms. The Kier molecular flexibility index (Phi) is 7.57. The van der Waals surface area contributed by atoms with Gasteiger partial charge in [0.2, 0.25) is 0 Å². The minimum Gasteiger partial charge on any atom is -0.390 e. The van der Waals surface area contributed by atoms with Crippen molar-refractivity contribution in [3.63, 3.8) is 0 Å². The molecular formula is C7H18O3S2Si. The van der Waals surface area contributed by atoms with Gasteiger partial charge < -0.3 is 14.0 Å². The van der Waals surface area contributed by atoms with Crippen LogP contribution in [0.3, 0.4) is 0 Å². The van der Waals surface area contributed by atoms with Crippen molar-refractivity contribution < 1.29 is 14.0 Å². The first kappa shape index (κ1) is 13.8. The smallest absolute Gasteiger partial charge is 0.390 e. The molecule has 0 saturated carbocycles. The summed E-state index contributed by atoms with van der Waals surface area (Å²) in [7, 11) is -3.50. The predicted molar refractivity (Wildman–Crippen MR) is 62.5 cm³/mol. The van der Waals surface area contributed by atoms with E-state index in [0.29, 0.717) is 24.5 Å². The molecule has 0 aliphatic carbocycles. The summed E-state index contributed by atoms with van der Waals surface area (Å²) in [5.41, 5.74) is -0.250. The van der Waals surface area contributed by atoms with E-state index < -0.39 is 8.80 Å². The van der Waals surface area contributed by atoms with Crippen molar-refractivity contribution in [3.8, 4) is 0 Å². The van der Waals surface area contributed by atoms with E-state index in [4.69, 9.17) is 4.43 Å². The SMILES string of the molecule is CCCO[Si](O)(O)C(CS)CCS. The molecule has 0 aromatic heterocycles. The van der Waals surface area contributed by atoms with Crippen LogP contribution in [0.15, 0.2) is 0 Å². The normalized spacial score (nSPS) is 14.5. The molecule has 0 saturated heterocycles. The molecule has 80 valence electrons. The maximum Gasteiger partial charge on any atom is 0.499 e. The Hall–Kier alpha value is 0.797. The fourth-order valence-electron chi connectivity index (χ4n) is 0.924. The highest BCUT2D eigenvalue weighted by atomic mass is 32.1. The largest absolute Gasteiger partial charge is 0.499 e. The minimum atomic E-state index is -3.50. The van der Waals surface area contributed by atoms with Gasteiger partial charge in [0.05, 0.1) is 0 Å². The van der Waals surface area contributed by atoms with Gasteiger partial charge in [-0.3, -0.25) is 0 Å². The van der Waals surface area contributed by atoms with Crippen molar-refractivity contribution in [2.75, 3.05) is 18.1 Å². The Bertz CT molecular complexity index is 135. The highest BCUT2D eigenvalue weighted by Gasteiger charge is 2.41. The molecule has 2 N–H and O–H groups in total. The topological polar surface area (TPSA) is 49.7 Å². The van der Waals surface area contributed by atoms with Crippen molar-refractivity contribution in [2.24, 2.45) is 0 Å². The molecule has 0 spiro atoms. The number of thiol groups is 2. The van der Waals surface area contributed by atoms with Crippen molar-refractivity contribution in [2.45, 2.75) is 25.3 Å². The highest BCUT2D eigenvalue weighted by Crippen LogP contribution is 2.24. The van der Waals surface area contributed by atoms with Crippen LogP contribution < -0.4 is 0 Å². The molecule has 0 aromatic carbocycles. The standard InChI is InChI=1S/C7H18O3S2Si/c1-2-4-10-13(8,9)7(6-12)3-5-11/h7-9,11-12H,2-6H2,1H3. The van der Waals surface area contributed by atoms with Crippen LogP contribution in [0.5, 0.6) is 0 Å². The van der Waals surface area contributed by atoms with Gasteiger partial charge >= 0.3 is 8.80 Å². The second kappa shape index (κ2) is 7.14. The van der Waals surface area contributed by atoms with Crippen LogP contribution in [0.4, 0.5) is 0 Å². The zero-order valence-electron chi connectivity index (χ0n) is 7.81. The van der Waals surface area contributed by atoms with Gasteiger partial charge in [0.25, 0.3) is 0 Å². The van der Waals surface area contributed by atoms with Gasteiger partial charge in [-0.15, -0.1) is 0 Å². The van der Waals surface area contributed by atoms with Gasteiger partial charge in [-0.25, -0.2) is 0 Å². The van der Waals surface area contributed by atoms with Crippen molar-refractivity contribution in [1.82, 2.24) is 0 Å². The van der Waals surface area contributed by atoms with E-state index in [-0.39, 0.29) is 5.54 Å². The summed E-state index contributed by atoms with van der Waals surface area (Å²) in [5.74, 6) is 1.06. The van der Waals surface area contributed by atoms with Crippen molar-refractivity contribution >= 4 is 34.1 Å². The summed E-state index contributed by atoms with van der Waals surface area (Å²) in [6, 6.07) is 0. The van der Waals surface area contributed by atoms with Gasteiger partial charge in [0.15, 0.2) is 0 Å². The maximum absolute atomic E-state index is 9.63. The van der Waals surface area contributed by atoms with Crippen LogP contribution in [0.25, 0.3) is 0 Å². The third-order valence-electron chi connectivity index (χ3n) is 1.75. The Balaban J connectivity index is 4.03. The minimum absolute atomic E-state index is 0.250. The van der Waals surface area contributed by atoms with Crippen LogP contribution in [0.2, 0.25) is 5.54 Å². The van der Waals surface area contributed by atoms with Gasteiger partial charge in [0.1, 0.15) is 0 Å². The Morgan fingerprint density at radius 2 is 2.00 bits per heavy atom. The summed E-state index contributed by atoms with van der Waals surface area (Å²) >= 11 is 8.11. The average molecular weight is 242 g/mol. The molecule has 1 atom stereocenters. The molecule has 6 heteroatoms. The van der Waals surface area contributed by atoms with E-state index in [0.717, 1.165) is 6.42 Å². The van der Waals surface area contributed by atoms with Crippen LogP contribution in [0.1, 0.15) is 19.8 Å². The van der Waals surface area contributed by atoms with Crippen LogP contribution in [-0.2, 0) is 4.43 Å². The van der Waals surface area contributed by atoms with Crippen LogP contribution in [0, 0.1) is 0 Å². The van der Waals surface area contributed by atoms with Gasteiger partial charge in [-0.05, 0) is 24.3 Å². The zero-order valence-corrected chi connectivity index (χ0v) is 10.6. The van der Waals surface area contributed by atoms with E-state index in [1.54, 1.807) is 0 Å². The molecule has 3 nitrogen and oxygen atoms in total. The third-order valence-corrected chi connectivity index (χ3v) is 4.98. The van der Waals surface area contributed by atoms with Gasteiger partial charge in [-0.1, -0.05) is 6.92 Å². The third kappa shape index (κ3) is 5.29. The number of rotatable bonds is 7. The van der Waals surface area contributed by atoms with Gasteiger partial charge in [0, 0.05) is 12.1 Å². The molecule has 0 heterocycles. The summed E-state index contributed by atoms with van der Waals surface area (Å²) < 4.78 is 5.05. The zero-order chi connectivity index (χ0) is 10.3. The van der Waals surface area contributed by atoms with Crippen molar-refractivity contribution in [3.05, 3.63) is 0 Å². The lowest BCUT2D eigenvalue weighted by Crippen LogP contribution is -2.45. The Morgan fingerprint density at radius 1 is 1.38 bits per heavy atom. The Morgan fingerprint density at radius 3 is 2.38 bits per heavy atom. The summed E-state index contributed by atoms with van der Waals surface area (Å²) in [4.78, 5) is 19.3. The van der Waals surface area contributed by atoms with E-state index in [2.05, 4.69) is 25.3 Å². The fraction of sp³-hybridized carbons (Fsp3) is 1.00. The number of hydrogen-bond acceptors (Lipinski definition) is 5. The molecule has 0 radical (unpaired) electrons. The molecule has 0 amide bonds. The lowest BCUT2D eigenvalue weighted by Gasteiger charge is -2.25. The second-order valence-electron chi connectivity index (χ2n) is 2.90. The summed E-state index contributed by atoms with van der Waals surface area (Å²) in [5, 5.41) is 0. The van der Waals surface area contributed by atoms with Crippen LogP contribution in [-0.4, -0.2) is 36.5 Å². The number of hydrogen-bond donors (Lipinski definition) is 4. The molecule has 0 fully saturated rings. The fourth-order valence-corrected chi connectivity index (χ4v) is 3.87. The first-order valence-electron chi connectivity index (χ1n) is 4.38. The lowest BCUT2D eigenvalue weighted by molar-refractivity contribution is 0.137. The molecule has 0 aromatic rings. The van der Waals surface area contributed by atoms with E-state index in [1.807, 2.05) is 6.92 Å². The average Bonchev–Trinajstić information content (AvgIpc) is 2.10. The summed E-state index contributed by atoms with van der Waals surface area (Å²) in [6.45, 7) is 2.33. The van der Waals surface area contributed by atoms with E-state index >= 15 is 0 Å². The first-order chi connectivity index (χ1) is 6.08. The molecular weight excluding hydrogens is 224 g/mol. The maximum atomic E-state index is 9.63. The van der Waals surface area contributed by atoms with E-state index in [1.165, 1.54) is 0 Å². The molecule has 0 aliphatic rings.